The summed E-state index contributed by atoms with van der Waals surface area (Å²) in [5.41, 5.74) is 3.32. The highest BCUT2D eigenvalue weighted by molar-refractivity contribution is 5.98. The van der Waals surface area contributed by atoms with E-state index in [1.165, 1.54) is 11.1 Å². The second-order valence-corrected chi connectivity index (χ2v) is 2.98. The minimum absolute atomic E-state index is 0.0697. The van der Waals surface area contributed by atoms with Crippen molar-refractivity contribution >= 4 is 5.91 Å². The van der Waals surface area contributed by atoms with Gasteiger partial charge in [-0.25, -0.2) is 0 Å². The van der Waals surface area contributed by atoms with Crippen LogP contribution in [0.3, 0.4) is 0 Å². The first-order valence-corrected chi connectivity index (χ1v) is 4.22. The lowest BCUT2D eigenvalue weighted by Crippen LogP contribution is -2.12. The largest absolute Gasteiger partial charge is 0.348 e. The number of amides is 1. The highest BCUT2D eigenvalue weighted by Gasteiger charge is 2.19. The van der Waals surface area contributed by atoms with Crippen LogP contribution in [0.2, 0.25) is 0 Å². The molecule has 1 aliphatic rings. The summed E-state index contributed by atoms with van der Waals surface area (Å²) in [4.78, 5) is 11.2. The van der Waals surface area contributed by atoms with E-state index in [1.54, 1.807) is 0 Å². The summed E-state index contributed by atoms with van der Waals surface area (Å²) in [6, 6.07) is 5.92. The minimum atomic E-state index is 0.0697. The van der Waals surface area contributed by atoms with Gasteiger partial charge in [0.05, 0.1) is 0 Å². The Morgan fingerprint density at radius 3 is 3.08 bits per heavy atom. The van der Waals surface area contributed by atoms with E-state index >= 15 is 0 Å². The van der Waals surface area contributed by atoms with Crippen LogP contribution in [0.5, 0.6) is 0 Å². The molecule has 0 atom stereocenters. The summed E-state index contributed by atoms with van der Waals surface area (Å²) >= 11 is 0. The van der Waals surface area contributed by atoms with Crippen LogP contribution in [0, 0.1) is 0 Å². The number of fused-ring (bicyclic) bond motifs is 1. The monoisotopic (exact) mass is 161 g/mol. The molecule has 0 aromatic heterocycles. The molecule has 0 aliphatic carbocycles. The molecule has 1 heterocycles. The summed E-state index contributed by atoms with van der Waals surface area (Å²) < 4.78 is 0. The normalized spacial score (nSPS) is 14.2. The Bertz CT molecular complexity index is 331. The van der Waals surface area contributed by atoms with Crippen molar-refractivity contribution in [1.82, 2.24) is 5.32 Å². The van der Waals surface area contributed by atoms with E-state index < -0.39 is 0 Å². The van der Waals surface area contributed by atoms with Crippen LogP contribution in [-0.4, -0.2) is 5.91 Å². The summed E-state index contributed by atoms with van der Waals surface area (Å²) in [6.07, 6.45) is 0.998. The third kappa shape index (κ3) is 0.916. The fraction of sp³-hybridized carbons (Fsp3) is 0.300. The summed E-state index contributed by atoms with van der Waals surface area (Å²) in [7, 11) is 0. The number of rotatable bonds is 1. The van der Waals surface area contributed by atoms with Crippen molar-refractivity contribution in [2.45, 2.75) is 19.9 Å². The molecule has 0 unspecified atom stereocenters. The second kappa shape index (κ2) is 2.63. The van der Waals surface area contributed by atoms with Crippen LogP contribution in [0.4, 0.5) is 0 Å². The van der Waals surface area contributed by atoms with Crippen molar-refractivity contribution in [2.24, 2.45) is 0 Å². The molecule has 0 fully saturated rings. The molecular formula is C10H11NO. The van der Waals surface area contributed by atoms with Crippen LogP contribution in [0.1, 0.15) is 28.4 Å². The molecule has 62 valence electrons. The van der Waals surface area contributed by atoms with E-state index in [1.807, 2.05) is 12.1 Å². The van der Waals surface area contributed by atoms with Gasteiger partial charge in [-0.1, -0.05) is 19.1 Å². The van der Waals surface area contributed by atoms with Gasteiger partial charge in [-0.3, -0.25) is 4.79 Å². The van der Waals surface area contributed by atoms with E-state index in [2.05, 4.69) is 18.3 Å². The number of hydrogen-bond donors (Lipinski definition) is 1. The maximum atomic E-state index is 11.2. The van der Waals surface area contributed by atoms with Crippen molar-refractivity contribution < 1.29 is 4.79 Å². The maximum absolute atomic E-state index is 11.2. The van der Waals surface area contributed by atoms with Crippen LogP contribution in [0.25, 0.3) is 0 Å². The van der Waals surface area contributed by atoms with Gasteiger partial charge in [-0.2, -0.15) is 0 Å². The molecule has 0 saturated heterocycles. The summed E-state index contributed by atoms with van der Waals surface area (Å²) in [5.74, 6) is 0.0697. The zero-order chi connectivity index (χ0) is 8.55. The molecular weight excluding hydrogens is 150 g/mol. The molecule has 1 amide bonds. The molecule has 1 aromatic rings. The number of hydrogen-bond acceptors (Lipinski definition) is 1. The topological polar surface area (TPSA) is 29.1 Å². The van der Waals surface area contributed by atoms with Gasteiger partial charge in [-0.15, -0.1) is 0 Å². The van der Waals surface area contributed by atoms with Crippen LogP contribution in [-0.2, 0) is 13.0 Å². The average Bonchev–Trinajstić information content (AvgIpc) is 2.48. The summed E-state index contributed by atoms with van der Waals surface area (Å²) in [6.45, 7) is 2.82. The van der Waals surface area contributed by atoms with Gasteiger partial charge in [0.2, 0.25) is 0 Å². The zero-order valence-electron chi connectivity index (χ0n) is 7.05. The van der Waals surface area contributed by atoms with Crippen molar-refractivity contribution in [2.75, 3.05) is 0 Å². The fourth-order valence-electron chi connectivity index (χ4n) is 1.65. The Morgan fingerprint density at radius 1 is 1.50 bits per heavy atom. The molecule has 0 radical (unpaired) electrons. The first kappa shape index (κ1) is 7.35. The first-order valence-electron chi connectivity index (χ1n) is 4.22. The molecule has 1 aliphatic heterocycles. The number of carbonyl (C=O) groups excluding carboxylic acids is 1. The third-order valence-electron chi connectivity index (χ3n) is 2.32. The number of benzene rings is 1. The maximum Gasteiger partial charge on any atom is 0.251 e. The Labute approximate surface area is 71.6 Å². The lowest BCUT2D eigenvalue weighted by molar-refractivity contribution is 0.0966. The standard InChI is InChI=1S/C10H11NO/c1-2-7-4-3-5-8-9(7)6-11-10(8)12/h3-5H,2,6H2,1H3,(H,11,12). The number of carbonyl (C=O) groups is 1. The van der Waals surface area contributed by atoms with Crippen LogP contribution in [0.15, 0.2) is 18.2 Å². The van der Waals surface area contributed by atoms with E-state index in [0.29, 0.717) is 6.54 Å². The molecule has 0 saturated carbocycles. The SMILES string of the molecule is CCc1cccc2c1CNC2=O. The van der Waals surface area contributed by atoms with Gasteiger partial charge in [0.25, 0.3) is 5.91 Å². The molecule has 12 heavy (non-hydrogen) atoms. The lowest BCUT2D eigenvalue weighted by Gasteiger charge is -2.01. The fourth-order valence-corrected chi connectivity index (χ4v) is 1.65. The molecule has 0 spiro atoms. The Hall–Kier alpha value is -1.31. The lowest BCUT2D eigenvalue weighted by atomic mass is 10.0. The van der Waals surface area contributed by atoms with Gasteiger partial charge >= 0.3 is 0 Å². The van der Waals surface area contributed by atoms with Crippen molar-refractivity contribution in [3.05, 3.63) is 34.9 Å². The molecule has 0 bridgehead atoms. The molecule has 2 heteroatoms. The average molecular weight is 161 g/mol. The quantitative estimate of drug-likeness (QED) is 0.664. The number of nitrogens with one attached hydrogen (secondary N) is 1. The zero-order valence-corrected chi connectivity index (χ0v) is 7.05. The van der Waals surface area contributed by atoms with E-state index in [0.717, 1.165) is 12.0 Å². The van der Waals surface area contributed by atoms with Gasteiger partial charge in [0.1, 0.15) is 0 Å². The van der Waals surface area contributed by atoms with Crippen molar-refractivity contribution in [3.8, 4) is 0 Å². The Kier molecular flexibility index (Phi) is 1.61. The van der Waals surface area contributed by atoms with Gasteiger partial charge < -0.3 is 5.32 Å². The summed E-state index contributed by atoms with van der Waals surface area (Å²) in [5, 5.41) is 2.82. The predicted molar refractivity (Wildman–Crippen MR) is 47.0 cm³/mol. The predicted octanol–water partition coefficient (Wildman–Crippen LogP) is 1.49. The van der Waals surface area contributed by atoms with Crippen LogP contribution >= 0.6 is 0 Å². The van der Waals surface area contributed by atoms with Crippen LogP contribution < -0.4 is 5.32 Å². The molecule has 1 N–H and O–H groups in total. The first-order chi connectivity index (χ1) is 5.83. The van der Waals surface area contributed by atoms with E-state index in [9.17, 15) is 4.79 Å². The van der Waals surface area contributed by atoms with Gasteiger partial charge in [-0.05, 0) is 23.6 Å². The third-order valence-corrected chi connectivity index (χ3v) is 2.32. The van der Waals surface area contributed by atoms with Gasteiger partial charge in [0, 0.05) is 12.1 Å². The van der Waals surface area contributed by atoms with E-state index in [-0.39, 0.29) is 5.91 Å². The molecule has 2 nitrogen and oxygen atoms in total. The highest BCUT2D eigenvalue weighted by Crippen LogP contribution is 2.19. The van der Waals surface area contributed by atoms with Gasteiger partial charge in [0.15, 0.2) is 0 Å². The highest BCUT2D eigenvalue weighted by atomic mass is 16.1. The molecule has 1 aromatic carbocycles. The van der Waals surface area contributed by atoms with Crippen molar-refractivity contribution in [1.29, 1.82) is 0 Å². The Morgan fingerprint density at radius 2 is 2.33 bits per heavy atom. The smallest absolute Gasteiger partial charge is 0.251 e. The van der Waals surface area contributed by atoms with Crippen molar-refractivity contribution in [3.63, 3.8) is 0 Å². The second-order valence-electron chi connectivity index (χ2n) is 2.98. The Balaban J connectivity index is 2.58. The number of aryl methyl sites for hydroxylation is 1. The minimum Gasteiger partial charge on any atom is -0.348 e. The molecule has 2 rings (SSSR count). The van der Waals surface area contributed by atoms with E-state index in [4.69, 9.17) is 0 Å².